The summed E-state index contributed by atoms with van der Waals surface area (Å²) in [5.41, 5.74) is 2.80. The molecule has 0 atom stereocenters. The Labute approximate surface area is 116 Å². The average Bonchev–Trinajstić information content (AvgIpc) is 2.25. The summed E-state index contributed by atoms with van der Waals surface area (Å²) in [7, 11) is 0. The first-order chi connectivity index (χ1) is 8.48. The highest BCUT2D eigenvalue weighted by Gasteiger charge is 2.26. The maximum atomic E-state index is 10.5. The third kappa shape index (κ3) is 3.28. The molecular formula is C16H25NO2. The second-order valence-corrected chi connectivity index (χ2v) is 7.11. The van der Waals surface area contributed by atoms with Crippen molar-refractivity contribution in [1.82, 2.24) is 0 Å². The molecule has 0 spiro atoms. The van der Waals surface area contributed by atoms with Crippen molar-refractivity contribution in [2.45, 2.75) is 59.3 Å². The largest absolute Gasteiger partial charge is 0.507 e. The molecule has 0 unspecified atom stereocenters. The molecule has 3 nitrogen and oxygen atoms in total. The summed E-state index contributed by atoms with van der Waals surface area (Å²) < 4.78 is 0. The van der Waals surface area contributed by atoms with Crippen LogP contribution in [0, 0.1) is 0 Å². The Bertz CT molecular complexity index is 467. The third-order valence-corrected chi connectivity index (χ3v) is 3.29. The van der Waals surface area contributed by atoms with E-state index < -0.39 is 0 Å². The van der Waals surface area contributed by atoms with Gasteiger partial charge in [0.25, 0.3) is 0 Å². The minimum atomic E-state index is -0.171. The quantitative estimate of drug-likeness (QED) is 0.453. The zero-order chi connectivity index (χ0) is 15.0. The second kappa shape index (κ2) is 4.87. The van der Waals surface area contributed by atoms with E-state index in [1.807, 2.05) is 12.1 Å². The van der Waals surface area contributed by atoms with E-state index >= 15 is 0 Å². The molecule has 3 heteroatoms. The second-order valence-electron chi connectivity index (χ2n) is 7.11. The van der Waals surface area contributed by atoms with E-state index in [4.69, 9.17) is 5.21 Å². The van der Waals surface area contributed by atoms with Gasteiger partial charge < -0.3 is 10.3 Å². The van der Waals surface area contributed by atoms with Gasteiger partial charge in [0.1, 0.15) is 5.75 Å². The van der Waals surface area contributed by atoms with E-state index in [9.17, 15) is 5.11 Å². The summed E-state index contributed by atoms with van der Waals surface area (Å²) in [5, 5.41) is 22.8. The molecule has 0 aromatic heterocycles. The van der Waals surface area contributed by atoms with Crippen molar-refractivity contribution in [3.8, 4) is 5.75 Å². The topological polar surface area (TPSA) is 52.8 Å². The van der Waals surface area contributed by atoms with Crippen molar-refractivity contribution in [2.75, 3.05) is 0 Å². The smallest absolute Gasteiger partial charge is 0.123 e. The molecule has 0 heterocycles. The van der Waals surface area contributed by atoms with Gasteiger partial charge in [-0.1, -0.05) is 46.7 Å². The molecule has 0 bridgehead atoms. The van der Waals surface area contributed by atoms with Crippen molar-refractivity contribution in [3.63, 3.8) is 0 Å². The van der Waals surface area contributed by atoms with E-state index in [0.29, 0.717) is 11.5 Å². The van der Waals surface area contributed by atoms with Gasteiger partial charge in [0.2, 0.25) is 0 Å². The van der Waals surface area contributed by atoms with Crippen LogP contribution in [0.15, 0.2) is 17.3 Å². The fraction of sp³-hybridized carbons (Fsp3) is 0.562. The van der Waals surface area contributed by atoms with Crippen LogP contribution in [0.5, 0.6) is 5.75 Å². The predicted molar refractivity (Wildman–Crippen MR) is 79.5 cm³/mol. The molecule has 1 aromatic carbocycles. The highest BCUT2D eigenvalue weighted by Crippen LogP contribution is 2.39. The minimum Gasteiger partial charge on any atom is -0.507 e. The monoisotopic (exact) mass is 263 g/mol. The lowest BCUT2D eigenvalue weighted by atomic mass is 9.78. The molecular weight excluding hydrogens is 238 g/mol. The number of aromatic hydroxyl groups is 1. The highest BCUT2D eigenvalue weighted by molar-refractivity contribution is 5.99. The Balaban J connectivity index is 3.67. The lowest BCUT2D eigenvalue weighted by Gasteiger charge is -2.28. The van der Waals surface area contributed by atoms with E-state index in [0.717, 1.165) is 16.7 Å². The molecule has 0 saturated heterocycles. The van der Waals surface area contributed by atoms with E-state index in [-0.39, 0.29) is 10.8 Å². The lowest BCUT2D eigenvalue weighted by molar-refractivity contribution is 0.319. The van der Waals surface area contributed by atoms with Crippen LogP contribution in [0.3, 0.4) is 0 Å². The summed E-state index contributed by atoms with van der Waals surface area (Å²) in [5.74, 6) is 0.342. The molecule has 0 saturated carbocycles. The first-order valence-corrected chi connectivity index (χ1v) is 6.55. The van der Waals surface area contributed by atoms with E-state index in [1.54, 1.807) is 6.92 Å². The zero-order valence-corrected chi connectivity index (χ0v) is 13.0. The number of hydrogen-bond donors (Lipinski definition) is 2. The zero-order valence-electron chi connectivity index (χ0n) is 13.0. The molecule has 106 valence electrons. The molecule has 0 aliphatic rings. The molecule has 0 aliphatic heterocycles. The Morgan fingerprint density at radius 3 is 1.58 bits per heavy atom. The van der Waals surface area contributed by atoms with Crippen LogP contribution in [-0.4, -0.2) is 16.0 Å². The number of hydrogen-bond acceptors (Lipinski definition) is 3. The summed E-state index contributed by atoms with van der Waals surface area (Å²) in [6.07, 6.45) is 0. The molecule has 19 heavy (non-hydrogen) atoms. The molecule has 1 rings (SSSR count). The van der Waals surface area contributed by atoms with Crippen molar-refractivity contribution < 1.29 is 10.3 Å². The number of oxime groups is 1. The van der Waals surface area contributed by atoms with Gasteiger partial charge >= 0.3 is 0 Å². The maximum absolute atomic E-state index is 10.5. The van der Waals surface area contributed by atoms with Crippen molar-refractivity contribution in [3.05, 3.63) is 28.8 Å². The fourth-order valence-corrected chi connectivity index (χ4v) is 2.04. The van der Waals surface area contributed by atoms with Gasteiger partial charge in [0.15, 0.2) is 0 Å². The van der Waals surface area contributed by atoms with Gasteiger partial charge in [0, 0.05) is 11.1 Å². The standard InChI is InChI=1S/C16H25NO2/c1-10(17-19)11-8-12(15(2,3)4)14(18)13(9-11)16(5,6)7/h8-9,18-19H,1-7H3/b17-10+. The van der Waals surface area contributed by atoms with Crippen LogP contribution in [-0.2, 0) is 10.8 Å². The Kier molecular flexibility index (Phi) is 3.99. The number of nitrogens with zero attached hydrogens (tertiary/aromatic N) is 1. The first-order valence-electron chi connectivity index (χ1n) is 6.55. The Hall–Kier alpha value is -1.51. The third-order valence-electron chi connectivity index (χ3n) is 3.29. The van der Waals surface area contributed by atoms with E-state index in [1.165, 1.54) is 0 Å². The van der Waals surface area contributed by atoms with Crippen LogP contribution < -0.4 is 0 Å². The van der Waals surface area contributed by atoms with Crippen LogP contribution in [0.25, 0.3) is 0 Å². The van der Waals surface area contributed by atoms with Gasteiger partial charge in [0.05, 0.1) is 5.71 Å². The Morgan fingerprint density at radius 2 is 1.32 bits per heavy atom. The fourth-order valence-electron chi connectivity index (χ4n) is 2.04. The van der Waals surface area contributed by atoms with Crippen molar-refractivity contribution in [1.29, 1.82) is 0 Å². The molecule has 2 N–H and O–H groups in total. The lowest BCUT2D eigenvalue weighted by Crippen LogP contribution is -2.18. The van der Waals surface area contributed by atoms with Crippen LogP contribution in [0.2, 0.25) is 0 Å². The van der Waals surface area contributed by atoms with Crippen molar-refractivity contribution in [2.24, 2.45) is 5.16 Å². The highest BCUT2D eigenvalue weighted by atomic mass is 16.4. The number of rotatable bonds is 1. The number of phenols is 1. The summed E-state index contributed by atoms with van der Waals surface area (Å²) in [4.78, 5) is 0. The van der Waals surface area contributed by atoms with Gasteiger partial charge in [-0.05, 0) is 35.4 Å². The number of benzene rings is 1. The van der Waals surface area contributed by atoms with Gasteiger partial charge in [-0.2, -0.15) is 0 Å². The van der Waals surface area contributed by atoms with Crippen LogP contribution in [0.4, 0.5) is 0 Å². The van der Waals surface area contributed by atoms with Crippen LogP contribution in [0.1, 0.15) is 65.2 Å². The van der Waals surface area contributed by atoms with Crippen LogP contribution >= 0.6 is 0 Å². The normalized spacial score (nSPS) is 13.7. The average molecular weight is 263 g/mol. The number of phenolic OH excluding ortho intramolecular Hbond substituents is 1. The summed E-state index contributed by atoms with van der Waals surface area (Å²) in [6.45, 7) is 14.1. The van der Waals surface area contributed by atoms with Gasteiger partial charge in [-0.3, -0.25) is 0 Å². The maximum Gasteiger partial charge on any atom is 0.123 e. The minimum absolute atomic E-state index is 0.171. The predicted octanol–water partition coefficient (Wildman–Crippen LogP) is 4.19. The molecule has 1 aromatic rings. The molecule has 0 amide bonds. The molecule has 0 radical (unpaired) electrons. The Morgan fingerprint density at radius 1 is 0.947 bits per heavy atom. The SMILES string of the molecule is C/C(=N\O)c1cc(C(C)(C)C)c(O)c(C(C)(C)C)c1. The van der Waals surface area contributed by atoms with Crippen molar-refractivity contribution >= 4 is 5.71 Å². The van der Waals surface area contributed by atoms with Gasteiger partial charge in [-0.15, -0.1) is 0 Å². The summed E-state index contributed by atoms with van der Waals surface area (Å²) in [6, 6.07) is 3.80. The summed E-state index contributed by atoms with van der Waals surface area (Å²) >= 11 is 0. The van der Waals surface area contributed by atoms with Gasteiger partial charge in [-0.25, -0.2) is 0 Å². The van der Waals surface area contributed by atoms with E-state index in [2.05, 4.69) is 46.7 Å². The molecule has 0 fully saturated rings. The first kappa shape index (κ1) is 15.5. The molecule has 0 aliphatic carbocycles.